The molecule has 0 saturated heterocycles. The van der Waals surface area contributed by atoms with Gasteiger partial charge in [0.1, 0.15) is 0 Å². The smallest absolute Gasteiger partial charge is 0.191 e. The van der Waals surface area contributed by atoms with E-state index >= 15 is 0 Å². The number of nitrogens with zero attached hydrogens (tertiary/aromatic N) is 1. The highest BCUT2D eigenvalue weighted by Gasteiger charge is 2.18. The minimum atomic E-state index is 0. The fourth-order valence-corrected chi connectivity index (χ4v) is 2.91. The van der Waals surface area contributed by atoms with Gasteiger partial charge < -0.3 is 10.6 Å². The monoisotopic (exact) mass is 419 g/mol. The lowest BCUT2D eigenvalue weighted by Gasteiger charge is -2.28. The molecule has 0 aromatic heterocycles. The van der Waals surface area contributed by atoms with Crippen molar-refractivity contribution in [3.8, 4) is 0 Å². The van der Waals surface area contributed by atoms with Crippen molar-refractivity contribution in [3.63, 3.8) is 0 Å². The lowest BCUT2D eigenvalue weighted by Crippen LogP contribution is -2.46. The molecule has 0 unspecified atom stereocenters. The van der Waals surface area contributed by atoms with Crippen LogP contribution in [0.2, 0.25) is 0 Å². The van der Waals surface area contributed by atoms with Gasteiger partial charge in [-0.15, -0.1) is 35.7 Å². The van der Waals surface area contributed by atoms with E-state index in [2.05, 4.69) is 48.9 Å². The minimum absolute atomic E-state index is 0. The van der Waals surface area contributed by atoms with Crippen molar-refractivity contribution in [1.82, 2.24) is 10.6 Å². The predicted molar refractivity (Wildman–Crippen MR) is 104 cm³/mol. The standard InChI is InChI=1S/C16H25N3S.HI/c1-4-17-16(19-14-6-5-7-14)18-11-13-9-8-12(2)10-15(13)20-3;/h8-10,14H,4-7,11H2,1-3H3,(H2,17,18,19);1H. The number of halogens is 1. The molecule has 0 bridgehead atoms. The summed E-state index contributed by atoms with van der Waals surface area (Å²) < 4.78 is 0. The number of hydrogen-bond acceptors (Lipinski definition) is 2. The molecule has 1 fully saturated rings. The molecule has 0 spiro atoms. The van der Waals surface area contributed by atoms with Crippen molar-refractivity contribution in [2.75, 3.05) is 12.8 Å². The summed E-state index contributed by atoms with van der Waals surface area (Å²) in [5, 5.41) is 6.84. The van der Waals surface area contributed by atoms with Gasteiger partial charge in [0.2, 0.25) is 0 Å². The maximum atomic E-state index is 4.72. The minimum Gasteiger partial charge on any atom is -0.357 e. The maximum Gasteiger partial charge on any atom is 0.191 e. The van der Waals surface area contributed by atoms with Crippen LogP contribution in [0.1, 0.15) is 37.3 Å². The molecule has 3 nitrogen and oxygen atoms in total. The molecular weight excluding hydrogens is 393 g/mol. The van der Waals surface area contributed by atoms with Gasteiger partial charge in [0.15, 0.2) is 5.96 Å². The second kappa shape index (κ2) is 9.56. The summed E-state index contributed by atoms with van der Waals surface area (Å²) in [4.78, 5) is 6.05. The van der Waals surface area contributed by atoms with Gasteiger partial charge in [-0.25, -0.2) is 4.99 Å². The quantitative estimate of drug-likeness (QED) is 0.329. The lowest BCUT2D eigenvalue weighted by molar-refractivity contribution is 0.380. The molecule has 1 aromatic rings. The Balaban J connectivity index is 0.00000220. The molecule has 5 heteroatoms. The van der Waals surface area contributed by atoms with E-state index in [-0.39, 0.29) is 24.0 Å². The Morgan fingerprint density at radius 2 is 2.14 bits per heavy atom. The van der Waals surface area contributed by atoms with Crippen LogP contribution < -0.4 is 10.6 Å². The van der Waals surface area contributed by atoms with Crippen LogP contribution in [0.4, 0.5) is 0 Å². The molecule has 1 aliphatic carbocycles. The Bertz CT molecular complexity index is 473. The number of aryl methyl sites for hydroxylation is 1. The van der Waals surface area contributed by atoms with E-state index in [0.29, 0.717) is 6.04 Å². The van der Waals surface area contributed by atoms with Crippen molar-refractivity contribution < 1.29 is 0 Å². The Morgan fingerprint density at radius 3 is 2.71 bits per heavy atom. The third kappa shape index (κ3) is 5.70. The Labute approximate surface area is 149 Å². The van der Waals surface area contributed by atoms with E-state index in [0.717, 1.165) is 19.0 Å². The molecule has 0 radical (unpaired) electrons. The summed E-state index contributed by atoms with van der Waals surface area (Å²) in [6, 6.07) is 7.21. The summed E-state index contributed by atoms with van der Waals surface area (Å²) >= 11 is 1.79. The van der Waals surface area contributed by atoms with Crippen LogP contribution in [0, 0.1) is 6.92 Å². The first-order valence-electron chi connectivity index (χ1n) is 7.41. The lowest BCUT2D eigenvalue weighted by atomic mass is 9.93. The average Bonchev–Trinajstić information content (AvgIpc) is 2.40. The third-order valence-corrected chi connectivity index (χ3v) is 4.46. The van der Waals surface area contributed by atoms with Crippen LogP contribution in [0.3, 0.4) is 0 Å². The molecule has 118 valence electrons. The molecule has 1 aromatic carbocycles. The van der Waals surface area contributed by atoms with E-state index in [9.17, 15) is 0 Å². The number of nitrogens with one attached hydrogen (secondary N) is 2. The summed E-state index contributed by atoms with van der Waals surface area (Å²) in [6.45, 7) is 5.88. The second-order valence-corrected chi connectivity index (χ2v) is 6.13. The molecule has 1 saturated carbocycles. The van der Waals surface area contributed by atoms with Crippen LogP contribution in [0.25, 0.3) is 0 Å². The normalized spacial score (nSPS) is 15.1. The zero-order valence-corrected chi connectivity index (χ0v) is 16.3. The molecule has 0 atom stereocenters. The van der Waals surface area contributed by atoms with Crippen LogP contribution in [-0.4, -0.2) is 24.8 Å². The van der Waals surface area contributed by atoms with Crippen LogP contribution in [-0.2, 0) is 6.54 Å². The van der Waals surface area contributed by atoms with Crippen molar-refractivity contribution in [2.24, 2.45) is 4.99 Å². The first kappa shape index (κ1) is 18.6. The number of aliphatic imine (C=N–C) groups is 1. The highest BCUT2D eigenvalue weighted by Crippen LogP contribution is 2.22. The van der Waals surface area contributed by atoms with Crippen molar-refractivity contribution >= 4 is 41.7 Å². The molecule has 2 N–H and O–H groups in total. The Hall–Kier alpha value is -0.430. The third-order valence-electron chi connectivity index (χ3n) is 3.64. The first-order valence-corrected chi connectivity index (χ1v) is 8.63. The van der Waals surface area contributed by atoms with Gasteiger partial charge in [-0.05, 0) is 56.6 Å². The molecular formula is C16H26IN3S. The van der Waals surface area contributed by atoms with E-state index in [1.54, 1.807) is 11.8 Å². The van der Waals surface area contributed by atoms with E-state index in [1.807, 2.05) is 0 Å². The predicted octanol–water partition coefficient (Wildman–Crippen LogP) is 3.94. The van der Waals surface area contributed by atoms with Gasteiger partial charge >= 0.3 is 0 Å². The van der Waals surface area contributed by atoms with Crippen LogP contribution in [0.5, 0.6) is 0 Å². The number of rotatable bonds is 5. The summed E-state index contributed by atoms with van der Waals surface area (Å²) in [6.07, 6.45) is 6.00. The molecule has 0 heterocycles. The number of hydrogen-bond donors (Lipinski definition) is 2. The number of guanidine groups is 1. The summed E-state index contributed by atoms with van der Waals surface area (Å²) in [7, 11) is 0. The van der Waals surface area contributed by atoms with E-state index in [4.69, 9.17) is 4.99 Å². The van der Waals surface area contributed by atoms with Crippen molar-refractivity contribution in [1.29, 1.82) is 0 Å². The molecule has 1 aliphatic rings. The SMILES string of the molecule is CCNC(=NCc1ccc(C)cc1SC)NC1CCC1.I. The fourth-order valence-electron chi connectivity index (χ4n) is 2.21. The Morgan fingerprint density at radius 1 is 1.38 bits per heavy atom. The highest BCUT2D eigenvalue weighted by atomic mass is 127. The van der Waals surface area contributed by atoms with Crippen molar-refractivity contribution in [3.05, 3.63) is 29.3 Å². The molecule has 21 heavy (non-hydrogen) atoms. The molecule has 0 aliphatic heterocycles. The van der Waals surface area contributed by atoms with Crippen molar-refractivity contribution in [2.45, 2.75) is 50.6 Å². The van der Waals surface area contributed by atoms with Gasteiger partial charge in [-0.1, -0.05) is 12.1 Å². The van der Waals surface area contributed by atoms with Gasteiger partial charge in [-0.2, -0.15) is 0 Å². The topological polar surface area (TPSA) is 36.4 Å². The zero-order chi connectivity index (χ0) is 14.4. The maximum absolute atomic E-state index is 4.72. The Kier molecular flexibility index (Phi) is 8.48. The molecule has 2 rings (SSSR count). The van der Waals surface area contributed by atoms with E-state index in [1.165, 1.54) is 35.3 Å². The number of benzene rings is 1. The number of thioether (sulfide) groups is 1. The average molecular weight is 419 g/mol. The first-order chi connectivity index (χ1) is 9.72. The summed E-state index contributed by atoms with van der Waals surface area (Å²) in [5.74, 6) is 0.949. The fraction of sp³-hybridized carbons (Fsp3) is 0.562. The highest BCUT2D eigenvalue weighted by molar-refractivity contribution is 14.0. The second-order valence-electron chi connectivity index (χ2n) is 5.28. The van der Waals surface area contributed by atoms with Crippen LogP contribution >= 0.6 is 35.7 Å². The zero-order valence-electron chi connectivity index (χ0n) is 13.1. The molecule has 0 amide bonds. The van der Waals surface area contributed by atoms with E-state index < -0.39 is 0 Å². The summed E-state index contributed by atoms with van der Waals surface area (Å²) in [5.41, 5.74) is 2.61. The largest absolute Gasteiger partial charge is 0.357 e. The van der Waals surface area contributed by atoms with Crippen LogP contribution in [0.15, 0.2) is 28.1 Å². The van der Waals surface area contributed by atoms with Gasteiger partial charge in [0.25, 0.3) is 0 Å². The van der Waals surface area contributed by atoms with Gasteiger partial charge in [0, 0.05) is 17.5 Å². The van der Waals surface area contributed by atoms with Gasteiger partial charge in [-0.3, -0.25) is 0 Å². The van der Waals surface area contributed by atoms with Gasteiger partial charge in [0.05, 0.1) is 6.54 Å².